The quantitative estimate of drug-likeness (QED) is 0.0133. The molecule has 5 rings (SSSR count). The van der Waals surface area contributed by atoms with Crippen LogP contribution in [0.3, 0.4) is 0 Å². The molecule has 0 saturated heterocycles. The topological polar surface area (TPSA) is 142 Å². The molecule has 0 aliphatic heterocycles. The molecular formula is C66H56F40O7Si2. The fourth-order valence-corrected chi connectivity index (χ4v) is 23.2. The first-order valence-electron chi connectivity index (χ1n) is 32.5. The van der Waals surface area contributed by atoms with Crippen LogP contribution in [0.4, 0.5) is 176 Å². The van der Waals surface area contributed by atoms with E-state index in [1.165, 1.54) is 0 Å². The largest absolute Gasteiger partial charge is 0.503 e. The van der Waals surface area contributed by atoms with E-state index in [0.29, 0.717) is 6.92 Å². The summed E-state index contributed by atoms with van der Waals surface area (Å²) in [6.07, 6.45) is -81.2. The van der Waals surface area contributed by atoms with Crippen molar-refractivity contribution in [2.24, 2.45) is 0 Å². The Kier molecular flexibility index (Phi) is 29.1. The van der Waals surface area contributed by atoms with Crippen molar-refractivity contribution in [3.63, 3.8) is 0 Å². The van der Waals surface area contributed by atoms with Gasteiger partial charge in [-0.2, -0.15) is 140 Å². The van der Waals surface area contributed by atoms with Gasteiger partial charge in [-0.05, 0) is 68.4 Å². The predicted octanol–water partition coefficient (Wildman–Crippen LogP) is 21.8. The Morgan fingerprint density at radius 1 is 0.287 bits per heavy atom. The van der Waals surface area contributed by atoms with Crippen LogP contribution >= 0.6 is 0 Å². The molecular weight excluding hydrogens is 1720 g/mol. The normalized spacial score (nSPS) is 15.6. The van der Waals surface area contributed by atoms with Crippen LogP contribution in [-0.4, -0.2) is 113 Å². The summed E-state index contributed by atoms with van der Waals surface area (Å²) in [4.78, 5) is 0. The van der Waals surface area contributed by atoms with Gasteiger partial charge in [-0.25, -0.2) is 35.1 Å². The summed E-state index contributed by atoms with van der Waals surface area (Å²) >= 11 is 0. The maximum atomic E-state index is 15.6. The van der Waals surface area contributed by atoms with Crippen molar-refractivity contribution in [2.45, 2.75) is 210 Å². The number of benzene rings is 5. The van der Waals surface area contributed by atoms with E-state index in [1.54, 1.807) is 0 Å². The van der Waals surface area contributed by atoms with Crippen LogP contribution in [0.25, 0.3) is 0 Å². The number of phenolic OH excluding ortho intramolecular Hbond substituents is 2. The molecule has 7 nitrogen and oxygen atoms in total. The maximum Gasteiger partial charge on any atom is 0.453 e. The van der Waals surface area contributed by atoms with Gasteiger partial charge in [0.05, 0.1) is 16.1 Å². The lowest BCUT2D eigenvalue weighted by molar-refractivity contribution is -0.378. The number of halogens is 40. The van der Waals surface area contributed by atoms with E-state index in [9.17, 15) is 172 Å². The first-order valence-corrected chi connectivity index (χ1v) is 38.0. The molecule has 0 heterocycles. The molecule has 0 aliphatic rings. The van der Waals surface area contributed by atoms with Crippen molar-refractivity contribution >= 4 is 16.1 Å². The lowest BCUT2D eigenvalue weighted by Gasteiger charge is -2.36. The zero-order valence-corrected chi connectivity index (χ0v) is 59.3. The molecule has 5 aromatic carbocycles. The number of hydrogen-bond donors (Lipinski definition) is 7. The molecule has 7 N–H and O–H groups in total. The molecule has 5 aromatic rings. The summed E-state index contributed by atoms with van der Waals surface area (Å²) in [5, 5.41) is 70.3. The minimum atomic E-state index is -7.26. The van der Waals surface area contributed by atoms with E-state index in [2.05, 4.69) is 0 Å². The molecule has 3 atom stereocenters. The Hall–Kier alpha value is -7.13. The van der Waals surface area contributed by atoms with Crippen molar-refractivity contribution < 1.29 is 211 Å². The zero-order valence-electron chi connectivity index (χ0n) is 57.3. The smallest absolute Gasteiger partial charge is 0.453 e. The minimum Gasteiger partial charge on any atom is -0.503 e. The average molecular weight is 1780 g/mol. The fraction of sp³-hybridized carbons (Fsp3) is 0.515. The summed E-state index contributed by atoms with van der Waals surface area (Å²) in [5.41, 5.74) is -46.2. The number of phenols is 2. The minimum absolute atomic E-state index is 0.232. The number of aromatic hydroxyl groups is 2. The Labute approximate surface area is 621 Å². The third-order valence-corrected chi connectivity index (χ3v) is 30.2. The Balaban J connectivity index is 1.93. The molecule has 0 amide bonds. The van der Waals surface area contributed by atoms with Gasteiger partial charge >= 0.3 is 61.4 Å². The molecule has 0 aliphatic carbocycles. The molecule has 0 spiro atoms. The molecule has 0 bridgehead atoms. The van der Waals surface area contributed by atoms with Gasteiger partial charge in [0.25, 0.3) is 22.4 Å². The second-order valence-corrected chi connectivity index (χ2v) is 36.6. The van der Waals surface area contributed by atoms with E-state index >= 15 is 39.5 Å². The highest BCUT2D eigenvalue weighted by Gasteiger charge is 2.76. The van der Waals surface area contributed by atoms with Gasteiger partial charge < -0.3 is 35.7 Å². The van der Waals surface area contributed by atoms with Gasteiger partial charge in [-0.3, -0.25) is 0 Å². The van der Waals surface area contributed by atoms with Crippen LogP contribution in [0, 0.1) is 76.7 Å². The number of aryl methyl sites for hydroxylation is 2. The first kappa shape index (κ1) is 98.4. The molecule has 3 unspecified atom stereocenters. The molecule has 0 radical (unpaired) electrons. The van der Waals surface area contributed by atoms with Gasteiger partial charge in [0.2, 0.25) is 23.3 Å². The summed E-state index contributed by atoms with van der Waals surface area (Å²) < 4.78 is 586. The van der Waals surface area contributed by atoms with Gasteiger partial charge in [0.15, 0.2) is 58.0 Å². The second-order valence-electron chi connectivity index (χ2n) is 27.0. The summed E-state index contributed by atoms with van der Waals surface area (Å²) in [6.45, 7) is 0.466. The predicted molar refractivity (Wildman–Crippen MR) is 321 cm³/mol. The number of hydrogen-bond acceptors (Lipinski definition) is 7. The van der Waals surface area contributed by atoms with Crippen LogP contribution in [0.5, 0.6) is 11.5 Å². The maximum absolute atomic E-state index is 15.6. The molecule has 0 aromatic heterocycles. The van der Waals surface area contributed by atoms with Crippen molar-refractivity contribution in [2.75, 3.05) is 0 Å². The summed E-state index contributed by atoms with van der Waals surface area (Å²) in [6, 6.07) is -12.0. The molecule has 0 fully saturated rings. The van der Waals surface area contributed by atoms with E-state index in [4.69, 9.17) is 0 Å². The number of aliphatic hydroxyl groups is 5. The first-order chi connectivity index (χ1) is 51.7. The summed E-state index contributed by atoms with van der Waals surface area (Å²) in [5.74, 6) is -39.7. The standard InChI is InChI=1S/C66H56F40O7Si2/c1-29-39(67)41(69)36(42(70)40(29)68)11-4-17-114(18-5-12-37-43(71)47(75)51(107)48(76)44(37)72,15-3-10-31-25-34(56(112,64(98,99)100)65(101,102)103)28-35(26-31)57(79,113)66(104,105)106)21-8-22-115(20-7-14-53(109,58(80,81)82)59(83,84)85,19-6-13-38-45(73)49(77)52(108)50(78)46(38)74)16-2-9-30-23-32(54(110,60(86,87)88)61(89,90)91)27-33(24-30)55(111,62(92,93)94)63(95,96)97/h7,20,23-28,107-113H,2-6,8-19,21-22H2,1H3/b20-7+. The molecule has 49 heteroatoms. The molecule has 0 saturated carbocycles. The Bertz CT molecular complexity index is 4050. The molecule has 115 heavy (non-hydrogen) atoms. The lowest BCUT2D eigenvalue weighted by atomic mass is 9.83. The van der Waals surface area contributed by atoms with Gasteiger partial charge in [-0.15, -0.1) is 0 Å². The second kappa shape index (κ2) is 33.9. The van der Waals surface area contributed by atoms with E-state index < -0.39 is 387 Å². The van der Waals surface area contributed by atoms with Crippen LogP contribution in [0.15, 0.2) is 48.2 Å². The Morgan fingerprint density at radius 2 is 0.530 bits per heavy atom. The van der Waals surface area contributed by atoms with Gasteiger partial charge in [-0.1, -0.05) is 111 Å². The van der Waals surface area contributed by atoms with Crippen LogP contribution in [0.2, 0.25) is 42.3 Å². The van der Waals surface area contributed by atoms with Crippen molar-refractivity contribution in [3.8, 4) is 11.5 Å². The van der Waals surface area contributed by atoms with E-state index in [1.807, 2.05) is 0 Å². The Morgan fingerprint density at radius 3 is 0.817 bits per heavy atom. The zero-order chi connectivity index (χ0) is 88.9. The van der Waals surface area contributed by atoms with Crippen LogP contribution in [0.1, 0.15) is 101 Å². The fourth-order valence-electron chi connectivity index (χ4n) is 13.2. The number of rotatable bonds is 31. The van der Waals surface area contributed by atoms with Gasteiger partial charge in [0, 0.05) is 50.9 Å². The third kappa shape index (κ3) is 19.6. The monoisotopic (exact) mass is 1780 g/mol. The SMILES string of the molecule is Cc1c(F)c(F)c(CCC[Si](CCCc2cc(C(O)(F)C(F)(F)F)cc(C(O)(C(F)(F)F)C(F)(F)F)c2)(CCCc2c(F)c(F)c(O)c(F)c2F)CCC[Si](/C=C/CC(O)(C(F)(F)F)C(F)(F)F)(CCCc2cc(C(O)(C(F)(F)F)C(F)(F)F)cc(C(O)(C(F)(F)F)C(F)(F)F)c2)CCCc2c(F)c(F)c(O)c(F)c2F)c(F)c1F. The van der Waals surface area contributed by atoms with Crippen molar-refractivity contribution in [1.82, 2.24) is 0 Å². The van der Waals surface area contributed by atoms with Crippen molar-refractivity contribution in [1.29, 1.82) is 0 Å². The van der Waals surface area contributed by atoms with Gasteiger partial charge in [0.1, 0.15) is 0 Å². The highest BCUT2D eigenvalue weighted by atomic mass is 28.3. The highest BCUT2D eigenvalue weighted by molar-refractivity contribution is 6.85. The summed E-state index contributed by atoms with van der Waals surface area (Å²) in [7, 11) is -9.88. The van der Waals surface area contributed by atoms with Crippen LogP contribution in [-0.2, 0) is 54.8 Å². The molecule has 650 valence electrons. The average Bonchev–Trinajstić information content (AvgIpc) is 0.721. The number of alkyl halides is 28. The highest BCUT2D eigenvalue weighted by Crippen LogP contribution is 2.57. The van der Waals surface area contributed by atoms with Crippen molar-refractivity contribution in [3.05, 3.63) is 174 Å². The van der Waals surface area contributed by atoms with Crippen LogP contribution < -0.4 is 0 Å². The van der Waals surface area contributed by atoms with E-state index in [0.717, 1.165) is 0 Å². The van der Waals surface area contributed by atoms with E-state index in [-0.39, 0.29) is 17.8 Å². The third-order valence-electron chi connectivity index (χ3n) is 19.6. The lowest BCUT2D eigenvalue weighted by Crippen LogP contribution is -2.56.